The number of benzene rings is 2. The van der Waals surface area contributed by atoms with Gasteiger partial charge >= 0.3 is 18.4 Å². The summed E-state index contributed by atoms with van der Waals surface area (Å²) in [5.41, 5.74) is -0.342. The normalized spacial score (nSPS) is 15.1. The summed E-state index contributed by atoms with van der Waals surface area (Å²) in [6, 6.07) is 11.2. The quantitative estimate of drug-likeness (QED) is 0.505. The Hall–Kier alpha value is -3.06. The zero-order valence-electron chi connectivity index (χ0n) is 16.9. The van der Waals surface area contributed by atoms with Crippen molar-refractivity contribution in [2.24, 2.45) is 5.41 Å². The lowest BCUT2D eigenvalue weighted by atomic mass is 9.91. The van der Waals surface area contributed by atoms with Crippen molar-refractivity contribution in [2.75, 3.05) is 6.61 Å². The van der Waals surface area contributed by atoms with Crippen LogP contribution in [-0.2, 0) is 9.53 Å². The summed E-state index contributed by atoms with van der Waals surface area (Å²) in [5.74, 6) is 0.475. The first-order chi connectivity index (χ1) is 13.8. The lowest BCUT2D eigenvalue weighted by molar-refractivity contribution is -0.173. The van der Waals surface area contributed by atoms with Gasteiger partial charge in [-0.05, 0) is 63.6 Å². The van der Waals surface area contributed by atoms with Crippen molar-refractivity contribution in [3.63, 3.8) is 0 Å². The van der Waals surface area contributed by atoms with Crippen LogP contribution in [0, 0.1) is 5.41 Å². The Kier molecular flexibility index (Phi) is 6.08. The fraction of sp³-hybridized carbons (Fsp3) is 0.364. The minimum absolute atomic E-state index is 0.227. The molecule has 0 aromatic heterocycles. The van der Waals surface area contributed by atoms with Gasteiger partial charge in [-0.3, -0.25) is 4.79 Å². The topological polar surface area (TPSA) is 80.3 Å². The Morgan fingerprint density at radius 2 is 1.62 bits per heavy atom. The number of hydrogen-bond donors (Lipinski definition) is 0. The van der Waals surface area contributed by atoms with E-state index in [-0.39, 0.29) is 17.3 Å². The lowest BCUT2D eigenvalue weighted by Gasteiger charge is -2.20. The van der Waals surface area contributed by atoms with Crippen LogP contribution in [0.5, 0.6) is 23.0 Å². The standard InChI is InChI=1S/C22H24O7/c1-5-22(3,4)20(24)27-15-12-10-14(11-13-15)26-19(23)16-8-7-9-17-18(16)29-21(28-17)25-6-2/h7-13,21H,5-6H2,1-4H3. The second-order valence-electron chi connectivity index (χ2n) is 7.10. The van der Waals surface area contributed by atoms with Gasteiger partial charge < -0.3 is 23.7 Å². The Labute approximate surface area is 169 Å². The highest BCUT2D eigenvalue weighted by molar-refractivity contribution is 5.95. The summed E-state index contributed by atoms with van der Waals surface area (Å²) >= 11 is 0. The molecule has 29 heavy (non-hydrogen) atoms. The molecule has 1 atom stereocenters. The predicted molar refractivity (Wildman–Crippen MR) is 104 cm³/mol. The SMILES string of the molecule is CCOC1Oc2cccc(C(=O)Oc3ccc(OC(=O)C(C)(C)CC)cc3)c2O1. The Balaban J connectivity index is 1.67. The van der Waals surface area contributed by atoms with Crippen molar-refractivity contribution in [1.82, 2.24) is 0 Å². The predicted octanol–water partition coefficient (Wildman–Crippen LogP) is 4.34. The van der Waals surface area contributed by atoms with Gasteiger partial charge in [0.25, 0.3) is 0 Å². The van der Waals surface area contributed by atoms with Gasteiger partial charge in [-0.25, -0.2) is 4.79 Å². The van der Waals surface area contributed by atoms with Crippen LogP contribution in [0.25, 0.3) is 0 Å². The molecule has 0 bridgehead atoms. The van der Waals surface area contributed by atoms with Gasteiger partial charge in [-0.2, -0.15) is 0 Å². The fourth-order valence-corrected chi connectivity index (χ4v) is 2.45. The number of carbonyl (C=O) groups is 2. The van der Waals surface area contributed by atoms with Gasteiger partial charge in [0, 0.05) is 0 Å². The molecule has 2 aromatic carbocycles. The Morgan fingerprint density at radius 1 is 0.966 bits per heavy atom. The van der Waals surface area contributed by atoms with Crippen molar-refractivity contribution in [1.29, 1.82) is 0 Å². The zero-order valence-corrected chi connectivity index (χ0v) is 16.9. The van der Waals surface area contributed by atoms with Crippen molar-refractivity contribution < 1.29 is 33.3 Å². The molecule has 0 radical (unpaired) electrons. The molecule has 3 rings (SSSR count). The summed E-state index contributed by atoms with van der Waals surface area (Å²) < 4.78 is 27.1. The Morgan fingerprint density at radius 3 is 2.24 bits per heavy atom. The van der Waals surface area contributed by atoms with E-state index in [0.717, 1.165) is 0 Å². The second kappa shape index (κ2) is 8.53. The minimum atomic E-state index is -0.884. The van der Waals surface area contributed by atoms with Gasteiger partial charge in [0.15, 0.2) is 11.5 Å². The van der Waals surface area contributed by atoms with Gasteiger partial charge in [0.2, 0.25) is 0 Å². The molecular formula is C22H24O7. The van der Waals surface area contributed by atoms with Crippen LogP contribution < -0.4 is 18.9 Å². The molecule has 1 heterocycles. The molecule has 1 aliphatic heterocycles. The molecule has 0 amide bonds. The molecule has 2 aromatic rings. The van der Waals surface area contributed by atoms with Crippen LogP contribution in [0.3, 0.4) is 0 Å². The van der Waals surface area contributed by atoms with E-state index in [1.54, 1.807) is 42.5 Å². The van der Waals surface area contributed by atoms with Crippen molar-refractivity contribution in [3.05, 3.63) is 48.0 Å². The molecule has 154 valence electrons. The number of esters is 2. The van der Waals surface area contributed by atoms with Crippen LogP contribution in [0.4, 0.5) is 0 Å². The van der Waals surface area contributed by atoms with Crippen LogP contribution in [0.2, 0.25) is 0 Å². The summed E-state index contributed by atoms with van der Waals surface area (Å²) in [6.07, 6.45) is 0.666. The van der Waals surface area contributed by atoms with E-state index in [1.165, 1.54) is 0 Å². The molecule has 7 heteroatoms. The van der Waals surface area contributed by atoms with Crippen LogP contribution in [0.15, 0.2) is 42.5 Å². The van der Waals surface area contributed by atoms with Crippen LogP contribution in [0.1, 0.15) is 44.5 Å². The zero-order chi connectivity index (χ0) is 21.0. The molecule has 0 spiro atoms. The monoisotopic (exact) mass is 400 g/mol. The number of ether oxygens (including phenoxy) is 5. The highest BCUT2D eigenvalue weighted by Gasteiger charge is 2.30. The molecule has 0 N–H and O–H groups in total. The third-order valence-electron chi connectivity index (χ3n) is 4.62. The fourth-order valence-electron chi connectivity index (χ4n) is 2.45. The van der Waals surface area contributed by atoms with Crippen molar-refractivity contribution >= 4 is 11.9 Å². The lowest BCUT2D eigenvalue weighted by Crippen LogP contribution is -2.28. The first kappa shape index (κ1) is 20.7. The number of para-hydroxylation sites is 1. The van der Waals surface area contributed by atoms with Gasteiger partial charge in [-0.1, -0.05) is 13.0 Å². The summed E-state index contributed by atoms with van der Waals surface area (Å²) in [6.45, 7) is 6.91. The first-order valence-electron chi connectivity index (χ1n) is 9.46. The molecule has 0 saturated heterocycles. The van der Waals surface area contributed by atoms with Gasteiger partial charge in [0.05, 0.1) is 12.0 Å². The maximum atomic E-state index is 12.6. The maximum absolute atomic E-state index is 12.6. The molecule has 1 unspecified atom stereocenters. The molecule has 0 aliphatic carbocycles. The van der Waals surface area contributed by atoms with Crippen LogP contribution in [-0.4, -0.2) is 25.0 Å². The van der Waals surface area contributed by atoms with E-state index in [0.29, 0.717) is 30.3 Å². The number of carbonyl (C=O) groups excluding carboxylic acids is 2. The smallest absolute Gasteiger partial charge is 0.361 e. The van der Waals surface area contributed by atoms with E-state index in [9.17, 15) is 9.59 Å². The molecule has 1 aliphatic rings. The maximum Gasteiger partial charge on any atom is 0.361 e. The third kappa shape index (κ3) is 4.68. The number of rotatable bonds is 7. The second-order valence-corrected chi connectivity index (χ2v) is 7.10. The molecule has 0 saturated carbocycles. The Bertz CT molecular complexity index is 887. The highest BCUT2D eigenvalue weighted by Crippen LogP contribution is 2.38. The number of fused-ring (bicyclic) bond motifs is 1. The van der Waals surface area contributed by atoms with E-state index in [2.05, 4.69) is 0 Å². The average Bonchev–Trinajstić information content (AvgIpc) is 3.12. The van der Waals surface area contributed by atoms with E-state index >= 15 is 0 Å². The largest absolute Gasteiger partial charge is 0.428 e. The van der Waals surface area contributed by atoms with Crippen molar-refractivity contribution in [2.45, 2.75) is 40.6 Å². The highest BCUT2D eigenvalue weighted by atomic mass is 16.9. The molecule has 0 fully saturated rings. The minimum Gasteiger partial charge on any atom is -0.428 e. The summed E-state index contributed by atoms with van der Waals surface area (Å²) in [7, 11) is 0. The third-order valence-corrected chi connectivity index (χ3v) is 4.62. The first-order valence-corrected chi connectivity index (χ1v) is 9.46. The average molecular weight is 400 g/mol. The summed E-state index contributed by atoms with van der Waals surface area (Å²) in [5, 5.41) is 0. The summed E-state index contributed by atoms with van der Waals surface area (Å²) in [4.78, 5) is 24.7. The van der Waals surface area contributed by atoms with Gasteiger partial charge in [-0.15, -0.1) is 0 Å². The van der Waals surface area contributed by atoms with E-state index in [1.807, 2.05) is 27.7 Å². The van der Waals surface area contributed by atoms with Gasteiger partial charge in [0.1, 0.15) is 17.1 Å². The number of hydrogen-bond acceptors (Lipinski definition) is 7. The van der Waals surface area contributed by atoms with Crippen molar-refractivity contribution in [3.8, 4) is 23.0 Å². The van der Waals surface area contributed by atoms with Crippen LogP contribution >= 0.6 is 0 Å². The van der Waals surface area contributed by atoms with E-state index in [4.69, 9.17) is 23.7 Å². The van der Waals surface area contributed by atoms with E-state index < -0.39 is 17.9 Å². The molecular weight excluding hydrogens is 376 g/mol. The molecule has 7 nitrogen and oxygen atoms in total.